The van der Waals surface area contributed by atoms with Gasteiger partial charge < -0.3 is 15.6 Å². The number of anilines is 2. The molecule has 8 nitrogen and oxygen atoms in total. The molecule has 5 aromatic rings. The largest absolute Gasteiger partial charge is 0.338 e. The standard InChI is InChI=1S/C28H28N8/c1-19-15-25-26(16-24(19)35-28-31-10-8-23(34-28)22-3-2-9-30-17-22)33-27(32-25)21-6-4-20(5-7-21)18-36-13-11-29-12-14-36/h2-10,15-17,29H,11-14,18H2,1H3,(H,32,33)(H,31,34,35). The number of aryl methyl sites for hydroxylation is 1. The van der Waals surface area contributed by atoms with E-state index < -0.39 is 0 Å². The molecule has 2 aromatic carbocycles. The summed E-state index contributed by atoms with van der Waals surface area (Å²) >= 11 is 0. The molecule has 36 heavy (non-hydrogen) atoms. The zero-order valence-corrected chi connectivity index (χ0v) is 20.2. The highest BCUT2D eigenvalue weighted by Crippen LogP contribution is 2.28. The lowest BCUT2D eigenvalue weighted by molar-refractivity contribution is 0.233. The van der Waals surface area contributed by atoms with Gasteiger partial charge in [-0.1, -0.05) is 24.3 Å². The monoisotopic (exact) mass is 476 g/mol. The van der Waals surface area contributed by atoms with E-state index in [4.69, 9.17) is 4.98 Å². The van der Waals surface area contributed by atoms with Crippen LogP contribution < -0.4 is 10.6 Å². The Bertz CT molecular complexity index is 1470. The normalized spacial score (nSPS) is 14.2. The molecular weight excluding hydrogens is 448 g/mol. The molecule has 0 saturated carbocycles. The minimum absolute atomic E-state index is 0.540. The van der Waals surface area contributed by atoms with Gasteiger partial charge in [-0.15, -0.1) is 0 Å². The van der Waals surface area contributed by atoms with Crippen molar-refractivity contribution in [2.75, 3.05) is 31.5 Å². The van der Waals surface area contributed by atoms with Gasteiger partial charge in [-0.05, 0) is 48.4 Å². The SMILES string of the molecule is Cc1cc2nc(-c3ccc(CN4CCNCC4)cc3)[nH]c2cc1Nc1nccc(-c2cccnc2)n1. The van der Waals surface area contributed by atoms with E-state index in [2.05, 4.69) is 78.8 Å². The fraction of sp³-hybridized carbons (Fsp3) is 0.214. The van der Waals surface area contributed by atoms with Crippen LogP contribution in [0.2, 0.25) is 0 Å². The van der Waals surface area contributed by atoms with Crippen LogP contribution in [0.4, 0.5) is 11.6 Å². The van der Waals surface area contributed by atoms with E-state index in [1.54, 1.807) is 18.6 Å². The minimum Gasteiger partial charge on any atom is -0.338 e. The van der Waals surface area contributed by atoms with E-state index in [0.29, 0.717) is 5.95 Å². The molecule has 3 N–H and O–H groups in total. The van der Waals surface area contributed by atoms with Crippen LogP contribution in [0.5, 0.6) is 0 Å². The van der Waals surface area contributed by atoms with E-state index in [-0.39, 0.29) is 0 Å². The summed E-state index contributed by atoms with van der Waals surface area (Å²) in [6.07, 6.45) is 5.31. The molecular formula is C28H28N8. The third kappa shape index (κ3) is 4.82. The number of benzene rings is 2. The molecule has 1 saturated heterocycles. The first-order chi connectivity index (χ1) is 17.7. The lowest BCUT2D eigenvalue weighted by atomic mass is 10.1. The number of fused-ring (bicyclic) bond motifs is 1. The molecule has 1 aliphatic rings. The molecule has 0 amide bonds. The van der Waals surface area contributed by atoms with E-state index in [1.807, 2.05) is 18.2 Å². The number of imidazole rings is 1. The fourth-order valence-corrected chi connectivity index (χ4v) is 4.54. The molecule has 1 aliphatic heterocycles. The van der Waals surface area contributed by atoms with Crippen molar-refractivity contribution in [3.8, 4) is 22.6 Å². The quantitative estimate of drug-likeness (QED) is 0.331. The summed E-state index contributed by atoms with van der Waals surface area (Å²) in [6.45, 7) is 7.37. The molecule has 0 unspecified atom stereocenters. The van der Waals surface area contributed by atoms with Crippen LogP contribution in [-0.4, -0.2) is 56.0 Å². The van der Waals surface area contributed by atoms with Gasteiger partial charge in [0.1, 0.15) is 5.82 Å². The van der Waals surface area contributed by atoms with Crippen molar-refractivity contribution in [3.05, 3.63) is 84.3 Å². The highest BCUT2D eigenvalue weighted by molar-refractivity contribution is 5.85. The van der Waals surface area contributed by atoms with Gasteiger partial charge in [0.25, 0.3) is 0 Å². The molecule has 0 aliphatic carbocycles. The maximum absolute atomic E-state index is 4.85. The number of nitrogens with one attached hydrogen (secondary N) is 3. The fourth-order valence-electron chi connectivity index (χ4n) is 4.54. The third-order valence-electron chi connectivity index (χ3n) is 6.53. The van der Waals surface area contributed by atoms with Crippen molar-refractivity contribution < 1.29 is 0 Å². The van der Waals surface area contributed by atoms with Crippen LogP contribution >= 0.6 is 0 Å². The number of rotatable bonds is 6. The van der Waals surface area contributed by atoms with Gasteiger partial charge in [0.05, 0.1) is 16.7 Å². The summed E-state index contributed by atoms with van der Waals surface area (Å²) in [5, 5.41) is 6.78. The number of hydrogen-bond donors (Lipinski definition) is 3. The molecule has 1 fully saturated rings. The van der Waals surface area contributed by atoms with Gasteiger partial charge in [0.2, 0.25) is 5.95 Å². The summed E-state index contributed by atoms with van der Waals surface area (Å²) < 4.78 is 0. The van der Waals surface area contributed by atoms with Gasteiger partial charge >= 0.3 is 0 Å². The second kappa shape index (κ2) is 9.85. The smallest absolute Gasteiger partial charge is 0.227 e. The van der Waals surface area contributed by atoms with Gasteiger partial charge in [0, 0.05) is 68.1 Å². The second-order valence-corrected chi connectivity index (χ2v) is 9.12. The summed E-state index contributed by atoms with van der Waals surface area (Å²) in [7, 11) is 0. The Labute approximate surface area is 209 Å². The summed E-state index contributed by atoms with van der Waals surface area (Å²) in [5.41, 5.74) is 8.09. The lowest BCUT2D eigenvalue weighted by Gasteiger charge is -2.27. The first-order valence-electron chi connectivity index (χ1n) is 12.2. The summed E-state index contributed by atoms with van der Waals surface area (Å²) in [4.78, 5) is 24.1. The average molecular weight is 477 g/mol. The molecule has 8 heteroatoms. The molecule has 0 radical (unpaired) electrons. The Morgan fingerprint density at radius 2 is 1.81 bits per heavy atom. The number of nitrogens with zero attached hydrogens (tertiary/aromatic N) is 5. The van der Waals surface area contributed by atoms with Crippen LogP contribution in [0.25, 0.3) is 33.7 Å². The average Bonchev–Trinajstić information content (AvgIpc) is 3.33. The van der Waals surface area contributed by atoms with E-state index in [1.165, 1.54) is 5.56 Å². The summed E-state index contributed by atoms with van der Waals surface area (Å²) in [5.74, 6) is 1.41. The van der Waals surface area contributed by atoms with Crippen molar-refractivity contribution in [3.63, 3.8) is 0 Å². The second-order valence-electron chi connectivity index (χ2n) is 9.12. The van der Waals surface area contributed by atoms with E-state index >= 15 is 0 Å². The number of H-pyrrole nitrogens is 1. The molecule has 0 bridgehead atoms. The summed E-state index contributed by atoms with van der Waals surface area (Å²) in [6, 6.07) is 18.6. The maximum Gasteiger partial charge on any atom is 0.227 e. The van der Waals surface area contributed by atoms with Crippen molar-refractivity contribution >= 4 is 22.7 Å². The van der Waals surface area contributed by atoms with Crippen molar-refractivity contribution in [2.24, 2.45) is 0 Å². The van der Waals surface area contributed by atoms with Crippen LogP contribution in [0.1, 0.15) is 11.1 Å². The predicted molar refractivity (Wildman–Crippen MR) is 143 cm³/mol. The van der Waals surface area contributed by atoms with Crippen LogP contribution in [0.3, 0.4) is 0 Å². The molecule has 0 spiro atoms. The van der Waals surface area contributed by atoms with Crippen LogP contribution in [0, 0.1) is 6.92 Å². The Kier molecular flexibility index (Phi) is 6.11. The first kappa shape index (κ1) is 22.3. The third-order valence-corrected chi connectivity index (χ3v) is 6.53. The Morgan fingerprint density at radius 3 is 2.61 bits per heavy atom. The molecule has 4 heterocycles. The zero-order valence-electron chi connectivity index (χ0n) is 20.2. The highest BCUT2D eigenvalue weighted by atomic mass is 15.2. The Morgan fingerprint density at radius 1 is 0.944 bits per heavy atom. The molecule has 0 atom stereocenters. The molecule has 3 aromatic heterocycles. The van der Waals surface area contributed by atoms with Crippen molar-refractivity contribution in [2.45, 2.75) is 13.5 Å². The zero-order chi connectivity index (χ0) is 24.3. The number of piperazine rings is 1. The number of aromatic amines is 1. The Hall–Kier alpha value is -4.14. The highest BCUT2D eigenvalue weighted by Gasteiger charge is 2.12. The maximum atomic E-state index is 4.85. The minimum atomic E-state index is 0.540. The first-order valence-corrected chi connectivity index (χ1v) is 12.2. The molecule has 6 rings (SSSR count). The van der Waals surface area contributed by atoms with Crippen LogP contribution in [-0.2, 0) is 6.54 Å². The van der Waals surface area contributed by atoms with Crippen molar-refractivity contribution in [1.29, 1.82) is 0 Å². The number of pyridine rings is 1. The van der Waals surface area contributed by atoms with Gasteiger partial charge in [-0.2, -0.15) is 0 Å². The topological polar surface area (TPSA) is 94.7 Å². The van der Waals surface area contributed by atoms with E-state index in [0.717, 1.165) is 77.7 Å². The van der Waals surface area contributed by atoms with Crippen LogP contribution in [0.15, 0.2) is 73.2 Å². The van der Waals surface area contributed by atoms with Gasteiger partial charge in [-0.3, -0.25) is 9.88 Å². The molecule has 180 valence electrons. The Balaban J connectivity index is 1.22. The van der Waals surface area contributed by atoms with Crippen molar-refractivity contribution in [1.82, 2.24) is 35.1 Å². The lowest BCUT2D eigenvalue weighted by Crippen LogP contribution is -2.42. The van der Waals surface area contributed by atoms with Gasteiger partial charge in [-0.25, -0.2) is 15.0 Å². The van der Waals surface area contributed by atoms with E-state index in [9.17, 15) is 0 Å². The van der Waals surface area contributed by atoms with Gasteiger partial charge in [0.15, 0.2) is 0 Å². The number of hydrogen-bond acceptors (Lipinski definition) is 7. The predicted octanol–water partition coefficient (Wildman–Crippen LogP) is 4.54. The number of aromatic nitrogens is 5.